The summed E-state index contributed by atoms with van der Waals surface area (Å²) in [5, 5.41) is 0. The molecule has 1 aliphatic carbocycles. The third-order valence-electron chi connectivity index (χ3n) is 3.86. The number of carbonyl (C=O) groups excluding carboxylic acids is 2. The second-order valence-electron chi connectivity index (χ2n) is 6.99. The minimum Gasteiger partial charge on any atom is -0.444 e. The molecule has 6 heteroatoms. The van der Waals surface area contributed by atoms with Gasteiger partial charge in [-0.15, -0.1) is 0 Å². The number of nitrogens with zero attached hydrogens (tertiary/aromatic N) is 1. The number of amides is 2. The zero-order valence-electron chi connectivity index (χ0n) is 14.2. The highest BCUT2D eigenvalue weighted by atomic mass is 16.6. The van der Waals surface area contributed by atoms with Gasteiger partial charge in [0.25, 0.3) is 0 Å². The van der Waals surface area contributed by atoms with Crippen LogP contribution in [0.15, 0.2) is 0 Å². The van der Waals surface area contributed by atoms with Crippen LogP contribution in [-0.4, -0.2) is 35.1 Å². The van der Waals surface area contributed by atoms with Gasteiger partial charge < -0.3 is 9.64 Å². The molecule has 0 aliphatic heterocycles. The van der Waals surface area contributed by atoms with Crippen molar-refractivity contribution in [2.75, 3.05) is 6.54 Å². The van der Waals surface area contributed by atoms with E-state index in [2.05, 4.69) is 5.43 Å². The first-order chi connectivity index (χ1) is 10.3. The van der Waals surface area contributed by atoms with Gasteiger partial charge in [0, 0.05) is 19.0 Å². The van der Waals surface area contributed by atoms with Crippen molar-refractivity contribution in [1.82, 2.24) is 10.3 Å². The van der Waals surface area contributed by atoms with E-state index in [0.717, 1.165) is 25.7 Å². The summed E-state index contributed by atoms with van der Waals surface area (Å²) in [4.78, 5) is 25.5. The maximum Gasteiger partial charge on any atom is 0.410 e. The first-order valence-corrected chi connectivity index (χ1v) is 8.32. The van der Waals surface area contributed by atoms with E-state index < -0.39 is 5.60 Å². The molecular weight excluding hydrogens is 282 g/mol. The van der Waals surface area contributed by atoms with Crippen molar-refractivity contribution in [3.8, 4) is 0 Å². The third kappa shape index (κ3) is 7.11. The Bertz CT molecular complexity index is 360. The van der Waals surface area contributed by atoms with Gasteiger partial charge in [0.05, 0.1) is 0 Å². The number of hydrogen-bond donors (Lipinski definition) is 2. The van der Waals surface area contributed by atoms with Crippen molar-refractivity contribution in [3.05, 3.63) is 0 Å². The number of carbonyl (C=O) groups is 2. The Morgan fingerprint density at radius 1 is 1.18 bits per heavy atom. The Labute approximate surface area is 133 Å². The summed E-state index contributed by atoms with van der Waals surface area (Å²) < 4.78 is 5.54. The number of nitrogens with two attached hydrogens (primary N) is 1. The second kappa shape index (κ2) is 8.98. The minimum atomic E-state index is -0.483. The molecule has 0 aromatic rings. The molecule has 0 saturated heterocycles. The van der Waals surface area contributed by atoms with Gasteiger partial charge in [-0.05, 0) is 46.5 Å². The zero-order valence-corrected chi connectivity index (χ0v) is 14.2. The van der Waals surface area contributed by atoms with Gasteiger partial charge in [0.2, 0.25) is 5.91 Å². The van der Waals surface area contributed by atoms with Gasteiger partial charge in [-0.25, -0.2) is 10.6 Å². The van der Waals surface area contributed by atoms with Gasteiger partial charge >= 0.3 is 6.09 Å². The fourth-order valence-electron chi connectivity index (χ4n) is 2.78. The first-order valence-electron chi connectivity index (χ1n) is 8.32. The lowest BCUT2D eigenvalue weighted by Gasteiger charge is -2.35. The van der Waals surface area contributed by atoms with Gasteiger partial charge in [0.1, 0.15) is 5.60 Å². The molecule has 0 radical (unpaired) electrons. The zero-order chi connectivity index (χ0) is 16.6. The van der Waals surface area contributed by atoms with Crippen LogP contribution in [0.1, 0.15) is 72.1 Å². The normalized spacial score (nSPS) is 16.2. The maximum atomic E-state index is 12.4. The van der Waals surface area contributed by atoms with Crippen LogP contribution in [0.3, 0.4) is 0 Å². The summed E-state index contributed by atoms with van der Waals surface area (Å²) in [6.07, 6.45) is 7.32. The SMILES string of the molecule is CC(C)(C)OC(=O)N(CCCCC(=O)NN)C1CCCCC1. The third-order valence-corrected chi connectivity index (χ3v) is 3.86. The molecule has 1 fully saturated rings. The van der Waals surface area contributed by atoms with E-state index in [4.69, 9.17) is 10.6 Å². The topological polar surface area (TPSA) is 84.7 Å². The van der Waals surface area contributed by atoms with Crippen molar-refractivity contribution in [1.29, 1.82) is 0 Å². The number of hydrazine groups is 1. The van der Waals surface area contributed by atoms with E-state index in [1.807, 2.05) is 25.7 Å². The second-order valence-corrected chi connectivity index (χ2v) is 6.99. The number of unbranched alkanes of at least 4 members (excludes halogenated alkanes) is 1. The first kappa shape index (κ1) is 18.7. The van der Waals surface area contributed by atoms with Crippen LogP contribution in [-0.2, 0) is 9.53 Å². The van der Waals surface area contributed by atoms with Crippen LogP contribution >= 0.6 is 0 Å². The molecule has 0 heterocycles. The standard InChI is InChI=1S/C16H31N3O3/c1-16(2,3)22-15(21)19(13-9-5-4-6-10-13)12-8-7-11-14(20)18-17/h13H,4-12,17H2,1-3H3,(H,18,20). The van der Waals surface area contributed by atoms with Crippen LogP contribution in [0.5, 0.6) is 0 Å². The monoisotopic (exact) mass is 313 g/mol. The average molecular weight is 313 g/mol. The quantitative estimate of drug-likeness (QED) is 0.342. The average Bonchev–Trinajstić information content (AvgIpc) is 2.45. The molecule has 6 nitrogen and oxygen atoms in total. The molecule has 2 amide bonds. The smallest absolute Gasteiger partial charge is 0.410 e. The van der Waals surface area contributed by atoms with Gasteiger partial charge in [-0.1, -0.05) is 19.3 Å². The largest absolute Gasteiger partial charge is 0.444 e. The molecule has 0 spiro atoms. The van der Waals surface area contributed by atoms with E-state index in [9.17, 15) is 9.59 Å². The molecular formula is C16H31N3O3. The van der Waals surface area contributed by atoms with Crippen LogP contribution in [0, 0.1) is 0 Å². The highest BCUT2D eigenvalue weighted by Gasteiger charge is 2.28. The molecule has 1 aliphatic rings. The van der Waals surface area contributed by atoms with Crippen molar-refractivity contribution in [3.63, 3.8) is 0 Å². The molecule has 3 N–H and O–H groups in total. The molecule has 22 heavy (non-hydrogen) atoms. The van der Waals surface area contributed by atoms with Gasteiger partial charge in [0.15, 0.2) is 0 Å². The van der Waals surface area contributed by atoms with E-state index in [1.54, 1.807) is 0 Å². The minimum absolute atomic E-state index is 0.165. The van der Waals surface area contributed by atoms with Crippen LogP contribution in [0.2, 0.25) is 0 Å². The summed E-state index contributed by atoms with van der Waals surface area (Å²) >= 11 is 0. The molecule has 128 valence electrons. The van der Waals surface area contributed by atoms with E-state index in [-0.39, 0.29) is 18.0 Å². The maximum absolute atomic E-state index is 12.4. The van der Waals surface area contributed by atoms with E-state index in [0.29, 0.717) is 13.0 Å². The van der Waals surface area contributed by atoms with Crippen LogP contribution < -0.4 is 11.3 Å². The number of hydrogen-bond acceptors (Lipinski definition) is 4. The lowest BCUT2D eigenvalue weighted by atomic mass is 9.94. The molecule has 1 saturated carbocycles. The molecule has 0 aromatic heterocycles. The predicted molar refractivity (Wildman–Crippen MR) is 86.0 cm³/mol. The Kier molecular flexibility index (Phi) is 7.65. The fraction of sp³-hybridized carbons (Fsp3) is 0.875. The summed E-state index contributed by atoms with van der Waals surface area (Å²) in [5.74, 6) is 4.90. The predicted octanol–water partition coefficient (Wildman–Crippen LogP) is 2.72. The molecule has 0 bridgehead atoms. The number of rotatable bonds is 6. The molecule has 0 atom stereocenters. The Balaban J connectivity index is 2.53. The van der Waals surface area contributed by atoms with Gasteiger partial charge in [-0.3, -0.25) is 10.2 Å². The lowest BCUT2D eigenvalue weighted by Crippen LogP contribution is -2.44. The van der Waals surface area contributed by atoms with E-state index in [1.165, 1.54) is 19.3 Å². The Morgan fingerprint density at radius 3 is 2.36 bits per heavy atom. The van der Waals surface area contributed by atoms with Crippen molar-refractivity contribution in [2.45, 2.75) is 83.8 Å². The number of ether oxygens (including phenoxy) is 1. The number of nitrogens with one attached hydrogen (secondary N) is 1. The van der Waals surface area contributed by atoms with Crippen molar-refractivity contribution < 1.29 is 14.3 Å². The summed E-state index contributed by atoms with van der Waals surface area (Å²) in [6.45, 7) is 6.29. The van der Waals surface area contributed by atoms with Crippen LogP contribution in [0.25, 0.3) is 0 Å². The summed E-state index contributed by atoms with van der Waals surface area (Å²) in [6, 6.07) is 0.270. The highest BCUT2D eigenvalue weighted by Crippen LogP contribution is 2.24. The Hall–Kier alpha value is -1.30. The van der Waals surface area contributed by atoms with E-state index >= 15 is 0 Å². The van der Waals surface area contributed by atoms with Crippen LogP contribution in [0.4, 0.5) is 4.79 Å². The molecule has 0 aromatic carbocycles. The lowest BCUT2D eigenvalue weighted by molar-refractivity contribution is -0.121. The fourth-order valence-corrected chi connectivity index (χ4v) is 2.78. The van der Waals surface area contributed by atoms with Crippen molar-refractivity contribution in [2.24, 2.45) is 5.84 Å². The molecule has 0 unspecified atom stereocenters. The Morgan fingerprint density at radius 2 is 1.82 bits per heavy atom. The van der Waals surface area contributed by atoms with Gasteiger partial charge in [-0.2, -0.15) is 0 Å². The summed E-state index contributed by atoms with van der Waals surface area (Å²) in [5.41, 5.74) is 1.64. The molecule has 1 rings (SSSR count). The van der Waals surface area contributed by atoms with Crippen molar-refractivity contribution >= 4 is 12.0 Å². The summed E-state index contributed by atoms with van der Waals surface area (Å²) in [7, 11) is 0. The highest BCUT2D eigenvalue weighted by molar-refractivity contribution is 5.75.